The maximum absolute atomic E-state index is 12.5. The van der Waals surface area contributed by atoms with E-state index in [4.69, 9.17) is 23.2 Å². The summed E-state index contributed by atoms with van der Waals surface area (Å²) < 4.78 is 0. The molecule has 1 aliphatic rings. The van der Waals surface area contributed by atoms with Gasteiger partial charge in [-0.1, -0.05) is 41.4 Å². The van der Waals surface area contributed by atoms with Gasteiger partial charge in [0.1, 0.15) is 0 Å². The standard InChI is InChI=1S/C20H22Cl2N2O/c1-14-3-2-4-17(11-14)23-20(25)16-7-9-24(10-8-16)13-15-5-6-18(21)19(22)12-15/h2-6,11-12,16H,7-10,13H2,1H3,(H,23,25). The van der Waals surface area contributed by atoms with Crippen LogP contribution in [0.3, 0.4) is 0 Å². The van der Waals surface area contributed by atoms with Gasteiger partial charge in [0.25, 0.3) is 0 Å². The number of hydrogen-bond donors (Lipinski definition) is 1. The van der Waals surface area contributed by atoms with Crippen LogP contribution in [0.5, 0.6) is 0 Å². The van der Waals surface area contributed by atoms with E-state index in [9.17, 15) is 4.79 Å². The Bertz CT molecular complexity index is 755. The van der Waals surface area contributed by atoms with Crippen LogP contribution in [-0.2, 0) is 11.3 Å². The van der Waals surface area contributed by atoms with Gasteiger partial charge in [0.05, 0.1) is 10.0 Å². The van der Waals surface area contributed by atoms with E-state index < -0.39 is 0 Å². The van der Waals surface area contributed by atoms with Crippen LogP contribution in [-0.4, -0.2) is 23.9 Å². The molecule has 0 unspecified atom stereocenters. The zero-order chi connectivity index (χ0) is 17.8. The van der Waals surface area contributed by atoms with Crippen LogP contribution in [0.4, 0.5) is 5.69 Å². The Balaban J connectivity index is 1.51. The molecular formula is C20H22Cl2N2O. The van der Waals surface area contributed by atoms with Crippen molar-refractivity contribution in [3.8, 4) is 0 Å². The van der Waals surface area contributed by atoms with Crippen molar-refractivity contribution in [3.05, 3.63) is 63.6 Å². The number of carbonyl (C=O) groups is 1. The number of nitrogens with zero attached hydrogens (tertiary/aromatic N) is 1. The second-order valence-electron chi connectivity index (χ2n) is 6.66. The van der Waals surface area contributed by atoms with Crippen molar-refractivity contribution in [1.82, 2.24) is 4.90 Å². The number of rotatable bonds is 4. The van der Waals surface area contributed by atoms with Crippen molar-refractivity contribution < 1.29 is 4.79 Å². The molecule has 2 aromatic rings. The van der Waals surface area contributed by atoms with Crippen molar-refractivity contribution in [3.63, 3.8) is 0 Å². The zero-order valence-electron chi connectivity index (χ0n) is 14.3. The number of aryl methyl sites for hydroxylation is 1. The summed E-state index contributed by atoms with van der Waals surface area (Å²) in [5.74, 6) is 0.199. The topological polar surface area (TPSA) is 32.3 Å². The molecular weight excluding hydrogens is 355 g/mol. The van der Waals surface area contributed by atoms with E-state index in [1.807, 2.05) is 49.4 Å². The molecule has 3 rings (SSSR count). The van der Waals surface area contributed by atoms with Crippen molar-refractivity contribution in [1.29, 1.82) is 0 Å². The summed E-state index contributed by atoms with van der Waals surface area (Å²) >= 11 is 12.0. The molecule has 3 nitrogen and oxygen atoms in total. The minimum Gasteiger partial charge on any atom is -0.326 e. The predicted molar refractivity (Wildman–Crippen MR) is 104 cm³/mol. The van der Waals surface area contributed by atoms with Crippen LogP contribution in [0.2, 0.25) is 10.0 Å². The zero-order valence-corrected chi connectivity index (χ0v) is 15.8. The molecule has 2 aromatic carbocycles. The number of amides is 1. The number of piperidine rings is 1. The minimum absolute atomic E-state index is 0.0746. The number of nitrogens with one attached hydrogen (secondary N) is 1. The van der Waals surface area contributed by atoms with Gasteiger partial charge in [-0.3, -0.25) is 9.69 Å². The van der Waals surface area contributed by atoms with E-state index in [-0.39, 0.29) is 11.8 Å². The van der Waals surface area contributed by atoms with Crippen LogP contribution in [0.15, 0.2) is 42.5 Å². The molecule has 5 heteroatoms. The molecule has 0 atom stereocenters. The third kappa shape index (κ3) is 4.97. The van der Waals surface area contributed by atoms with Gasteiger partial charge >= 0.3 is 0 Å². The van der Waals surface area contributed by atoms with E-state index in [1.54, 1.807) is 0 Å². The number of anilines is 1. The van der Waals surface area contributed by atoms with Crippen LogP contribution >= 0.6 is 23.2 Å². The Morgan fingerprint density at radius 2 is 1.88 bits per heavy atom. The van der Waals surface area contributed by atoms with E-state index in [0.717, 1.165) is 49.3 Å². The van der Waals surface area contributed by atoms with Crippen LogP contribution < -0.4 is 5.32 Å². The summed E-state index contributed by atoms with van der Waals surface area (Å²) in [6, 6.07) is 13.7. The summed E-state index contributed by atoms with van der Waals surface area (Å²) in [5.41, 5.74) is 3.18. The highest BCUT2D eigenvalue weighted by atomic mass is 35.5. The average Bonchev–Trinajstić information content (AvgIpc) is 2.59. The Morgan fingerprint density at radius 3 is 2.56 bits per heavy atom. The maximum atomic E-state index is 12.5. The Kier molecular flexibility index (Phi) is 6.00. The average molecular weight is 377 g/mol. The number of carbonyl (C=O) groups excluding carboxylic acids is 1. The summed E-state index contributed by atoms with van der Waals surface area (Å²) in [4.78, 5) is 14.8. The van der Waals surface area contributed by atoms with Gasteiger partial charge in [-0.25, -0.2) is 0 Å². The molecule has 1 fully saturated rings. The Labute approximate surface area is 158 Å². The second kappa shape index (κ2) is 8.22. The molecule has 1 N–H and O–H groups in total. The highest BCUT2D eigenvalue weighted by Crippen LogP contribution is 2.25. The molecule has 1 saturated heterocycles. The van der Waals surface area contributed by atoms with Crippen LogP contribution in [0.1, 0.15) is 24.0 Å². The number of halogens is 2. The minimum atomic E-state index is 0.0746. The highest BCUT2D eigenvalue weighted by Gasteiger charge is 2.25. The summed E-state index contributed by atoms with van der Waals surface area (Å²) in [6.07, 6.45) is 1.75. The van der Waals surface area contributed by atoms with Gasteiger partial charge in [0.2, 0.25) is 5.91 Å². The fraction of sp³-hybridized carbons (Fsp3) is 0.350. The Hall–Kier alpha value is -1.55. The van der Waals surface area contributed by atoms with Crippen molar-refractivity contribution in [2.45, 2.75) is 26.3 Å². The summed E-state index contributed by atoms with van der Waals surface area (Å²) in [7, 11) is 0. The fourth-order valence-corrected chi connectivity index (χ4v) is 3.54. The molecule has 0 aromatic heterocycles. The predicted octanol–water partition coefficient (Wildman–Crippen LogP) is 5.15. The lowest BCUT2D eigenvalue weighted by Gasteiger charge is -2.31. The molecule has 0 spiro atoms. The molecule has 0 aliphatic carbocycles. The quantitative estimate of drug-likeness (QED) is 0.799. The lowest BCUT2D eigenvalue weighted by atomic mass is 9.95. The Morgan fingerprint density at radius 1 is 1.12 bits per heavy atom. The van der Waals surface area contributed by atoms with Gasteiger partial charge in [-0.2, -0.15) is 0 Å². The summed E-state index contributed by atoms with van der Waals surface area (Å²) in [5, 5.41) is 4.21. The van der Waals surface area contributed by atoms with Crippen LogP contribution in [0.25, 0.3) is 0 Å². The monoisotopic (exact) mass is 376 g/mol. The lowest BCUT2D eigenvalue weighted by molar-refractivity contribution is -0.121. The van der Waals surface area contributed by atoms with Crippen LogP contribution in [0, 0.1) is 12.8 Å². The molecule has 1 amide bonds. The van der Waals surface area contributed by atoms with Crippen molar-refractivity contribution in [2.24, 2.45) is 5.92 Å². The molecule has 0 radical (unpaired) electrons. The first-order chi connectivity index (χ1) is 12.0. The maximum Gasteiger partial charge on any atom is 0.227 e. The summed E-state index contributed by atoms with van der Waals surface area (Å²) in [6.45, 7) is 4.68. The van der Waals surface area contributed by atoms with E-state index in [1.165, 1.54) is 0 Å². The molecule has 132 valence electrons. The van der Waals surface area contributed by atoms with Gasteiger partial charge in [-0.15, -0.1) is 0 Å². The first-order valence-electron chi connectivity index (χ1n) is 8.55. The highest BCUT2D eigenvalue weighted by molar-refractivity contribution is 6.42. The molecule has 25 heavy (non-hydrogen) atoms. The van der Waals surface area contributed by atoms with Crippen molar-refractivity contribution >= 4 is 34.8 Å². The van der Waals surface area contributed by atoms with Gasteiger partial charge in [0, 0.05) is 18.2 Å². The normalized spacial score (nSPS) is 16.0. The van der Waals surface area contributed by atoms with Gasteiger partial charge in [-0.05, 0) is 68.2 Å². The third-order valence-electron chi connectivity index (χ3n) is 4.63. The largest absolute Gasteiger partial charge is 0.326 e. The molecule has 1 aliphatic heterocycles. The second-order valence-corrected chi connectivity index (χ2v) is 7.47. The third-order valence-corrected chi connectivity index (χ3v) is 5.37. The van der Waals surface area contributed by atoms with E-state index in [0.29, 0.717) is 10.0 Å². The SMILES string of the molecule is Cc1cccc(NC(=O)C2CCN(Cc3ccc(Cl)c(Cl)c3)CC2)c1. The molecule has 0 bridgehead atoms. The number of likely N-dealkylation sites (tertiary alicyclic amines) is 1. The first kappa shape index (κ1) is 18.2. The van der Waals surface area contributed by atoms with E-state index >= 15 is 0 Å². The number of hydrogen-bond acceptors (Lipinski definition) is 2. The molecule has 0 saturated carbocycles. The van der Waals surface area contributed by atoms with Gasteiger partial charge in [0.15, 0.2) is 0 Å². The smallest absolute Gasteiger partial charge is 0.227 e. The number of benzene rings is 2. The van der Waals surface area contributed by atoms with E-state index in [2.05, 4.69) is 10.2 Å². The van der Waals surface area contributed by atoms with Crippen molar-refractivity contribution in [2.75, 3.05) is 18.4 Å². The fourth-order valence-electron chi connectivity index (χ4n) is 3.22. The van der Waals surface area contributed by atoms with Gasteiger partial charge < -0.3 is 5.32 Å². The molecule has 1 heterocycles. The lowest BCUT2D eigenvalue weighted by Crippen LogP contribution is -2.37. The first-order valence-corrected chi connectivity index (χ1v) is 9.30.